The smallest absolute Gasteiger partial charge is 1.00 e. The molecule has 0 aliphatic rings. The number of carbonyl (C=O) groups excluding carboxylic acids is 4. The normalized spacial score (nSPS) is 11.5. The third-order valence-corrected chi connectivity index (χ3v) is 9.39. The molecule has 0 aliphatic carbocycles. The van der Waals surface area contributed by atoms with Crippen molar-refractivity contribution in [3.05, 3.63) is 26.3 Å². The minimum absolute atomic E-state index is 0. The number of hydrogen-bond acceptors (Lipinski definition) is 14. The van der Waals surface area contributed by atoms with E-state index in [0.29, 0.717) is 4.13 Å². The molecule has 0 aromatic rings. The molecule has 356 valence electrons. The predicted molar refractivity (Wildman–Crippen MR) is 168 cm³/mol. The van der Waals surface area contributed by atoms with Gasteiger partial charge in [0.2, 0.25) is 12.2 Å². The Bertz CT molecular complexity index is 1660. The molecule has 0 aromatic carbocycles. The monoisotopic (exact) mass is 1140 g/mol. The molecule has 0 N–H and O–H groups in total. The van der Waals surface area contributed by atoms with Crippen molar-refractivity contribution in [3.8, 4) is 0 Å². The second-order valence-electron chi connectivity index (χ2n) is 7.63. The number of alkyl halides is 16. The van der Waals surface area contributed by atoms with Gasteiger partial charge in [0.15, 0.2) is 40.1 Å². The first-order valence-corrected chi connectivity index (χ1v) is 17.3. The zero-order valence-corrected chi connectivity index (χ0v) is 41.8. The third kappa shape index (κ3) is 33.0. The van der Waals surface area contributed by atoms with Gasteiger partial charge in [-0.15, -0.1) is 0 Å². The summed E-state index contributed by atoms with van der Waals surface area (Å²) in [6.45, 7) is 6.11. The maximum Gasteiger partial charge on any atom is 2.00 e. The van der Waals surface area contributed by atoms with Crippen molar-refractivity contribution in [3.63, 3.8) is 0 Å². The van der Waals surface area contributed by atoms with E-state index in [1.165, 1.54) is 13.8 Å². The number of amides is 4. The van der Waals surface area contributed by atoms with Crippen LogP contribution in [0.5, 0.6) is 0 Å². The Kier molecular flexibility index (Phi) is 51.8. The number of sulfonamides is 4. The standard InChI is InChI=1S/C6H11NO4.C4F10NO4S2.C4H7NO2.C2F6NO4S2.CH3.3ClH.4Mg/c1-3-10-5(8)7-6(9)11-4-2;5-1(6,7)3(11,12)20(16,17)15-21(18,19)4(13,14)2(8,9)10;1-3(6)5-4(2)7;3-1(4,5)14(10,11)9-15(12,13)2(6,7)8;;;;;;;;/h3-4H2,1-2H3,(H,7,8,9);;1-2H3,(H,5,6,7);;1H3;3*1H;;;;/q;-1;;2*-1;;;;4*+2/p-5. The van der Waals surface area contributed by atoms with Crippen molar-refractivity contribution in [1.82, 2.24) is 0 Å². The SMILES string of the molecule is CC(=O)[N-]C(C)=O.CCOC(=O)[N-]C(=O)OCC.O=S(=O)([N-]S(=O)(=O)C(F)(F)C(F)(F)F)C(F)(F)C(F)(F)F.O=S(=O)([N-]S(=O)(=O)C(F)(F)F)C(F)(F)F.[CH3-].[Cl-].[Cl-].[Cl-].[Mg+2].[Mg+2].[Mg+2].[Mg+2]. The topological polar surface area (TPSA) is 280 Å². The predicted octanol–water partition coefficient (Wildman–Crippen LogP) is -4.55. The van der Waals surface area contributed by atoms with Crippen LogP contribution in [0.25, 0.3) is 18.9 Å². The van der Waals surface area contributed by atoms with E-state index in [2.05, 4.69) is 20.1 Å². The van der Waals surface area contributed by atoms with E-state index in [1.807, 2.05) is 0 Å². The number of halogens is 19. The number of carbonyl (C=O) groups is 4. The summed E-state index contributed by atoms with van der Waals surface area (Å²) in [6, 6.07) is 0. The van der Waals surface area contributed by atoms with E-state index in [9.17, 15) is 123 Å². The van der Waals surface area contributed by atoms with Crippen LogP contribution >= 0.6 is 0 Å². The van der Waals surface area contributed by atoms with Gasteiger partial charge in [0.05, 0.1) is 25.0 Å². The quantitative estimate of drug-likeness (QED) is 0.126. The van der Waals surface area contributed by atoms with Gasteiger partial charge >= 0.3 is 126 Å². The van der Waals surface area contributed by atoms with Gasteiger partial charge in [0.1, 0.15) is 0 Å². The minimum Gasteiger partial charge on any atom is -1.00 e. The number of nitrogens with zero attached hydrogens (tertiary/aromatic N) is 4. The first kappa shape index (κ1) is 92.6. The molecule has 0 atom stereocenters. The van der Waals surface area contributed by atoms with Gasteiger partial charge in [-0.1, -0.05) is 0 Å². The summed E-state index contributed by atoms with van der Waals surface area (Å²) in [6.07, 6.45) is -15.8. The Morgan fingerprint density at radius 3 is 0.758 bits per heavy atom. The molecule has 0 rings (SSSR count). The number of hydrogen-bond donors (Lipinski definition) is 0. The summed E-state index contributed by atoms with van der Waals surface area (Å²) >= 11 is 0. The average molecular weight is 1140 g/mol. The average Bonchev–Trinajstić information content (AvgIpc) is 2.85. The van der Waals surface area contributed by atoms with Crippen molar-refractivity contribution >= 4 is 156 Å². The third-order valence-electron chi connectivity index (χ3n) is 3.32. The molecule has 0 bridgehead atoms. The molecule has 0 saturated carbocycles. The molecule has 0 radical (unpaired) electrons. The summed E-state index contributed by atoms with van der Waals surface area (Å²) in [5.74, 6) is -0.875. The van der Waals surface area contributed by atoms with Gasteiger partial charge in [-0.25, -0.2) is 33.7 Å². The van der Waals surface area contributed by atoms with E-state index in [4.69, 9.17) is 0 Å². The summed E-state index contributed by atoms with van der Waals surface area (Å²) in [7, 11) is -28.7. The molecule has 0 heterocycles. The van der Waals surface area contributed by atoms with Crippen LogP contribution in [0.15, 0.2) is 0 Å². The molecule has 0 saturated heterocycles. The van der Waals surface area contributed by atoms with Gasteiger partial charge < -0.3 is 82.6 Å². The Morgan fingerprint density at radius 2 is 0.629 bits per heavy atom. The first-order valence-electron chi connectivity index (χ1n) is 11.5. The van der Waals surface area contributed by atoms with Gasteiger partial charge in [-0.3, -0.25) is 9.59 Å². The van der Waals surface area contributed by atoms with E-state index < -0.39 is 98.0 Å². The molecule has 18 nitrogen and oxygen atoms in total. The Morgan fingerprint density at radius 1 is 0.435 bits per heavy atom. The fourth-order valence-corrected chi connectivity index (χ4v) is 5.41. The van der Waals surface area contributed by atoms with E-state index >= 15 is 0 Å². The molecule has 0 unspecified atom stereocenters. The fourth-order valence-electron chi connectivity index (χ4n) is 1.34. The van der Waals surface area contributed by atoms with Crippen LogP contribution in [0.2, 0.25) is 0 Å². The second-order valence-corrected chi connectivity index (χ2v) is 14.6. The van der Waals surface area contributed by atoms with Crippen molar-refractivity contribution in [1.29, 1.82) is 0 Å². The van der Waals surface area contributed by atoms with Crippen LogP contribution in [0.1, 0.15) is 27.7 Å². The van der Waals surface area contributed by atoms with E-state index in [0.717, 1.165) is 4.13 Å². The van der Waals surface area contributed by atoms with Crippen molar-refractivity contribution < 1.29 is 170 Å². The summed E-state index contributed by atoms with van der Waals surface area (Å²) in [4.78, 5) is 40.6. The summed E-state index contributed by atoms with van der Waals surface area (Å²) in [5.41, 5.74) is -12.4. The number of rotatable bonds is 8. The van der Waals surface area contributed by atoms with Crippen LogP contribution in [-0.4, -0.2) is 197 Å². The molecule has 0 aliphatic heterocycles. The molecule has 45 heteroatoms. The maximum atomic E-state index is 12.3. The summed E-state index contributed by atoms with van der Waals surface area (Å²) < 4.78 is 279. The number of imide groups is 2. The largest absolute Gasteiger partial charge is 2.00 e. The Labute approximate surface area is 423 Å². The van der Waals surface area contributed by atoms with E-state index in [1.54, 1.807) is 13.8 Å². The van der Waals surface area contributed by atoms with Crippen molar-refractivity contribution in [2.45, 2.75) is 61.6 Å². The molecule has 0 spiro atoms. The van der Waals surface area contributed by atoms with Crippen LogP contribution in [0, 0.1) is 7.43 Å². The summed E-state index contributed by atoms with van der Waals surface area (Å²) in [5, 5.41) is -8.05. The van der Waals surface area contributed by atoms with Crippen molar-refractivity contribution in [2.75, 3.05) is 13.2 Å². The van der Waals surface area contributed by atoms with Gasteiger partial charge in [0.25, 0.3) is 0 Å². The second kappa shape index (κ2) is 34.7. The molecule has 0 aromatic heterocycles. The maximum absolute atomic E-state index is 12.3. The van der Waals surface area contributed by atoms with Gasteiger partial charge in [-0.05, 0) is 27.7 Å². The zero-order chi connectivity index (χ0) is 45.0. The Hall–Kier alpha value is 0.415. The zero-order valence-electron chi connectivity index (χ0n) is 30.6. The van der Waals surface area contributed by atoms with Crippen LogP contribution in [0.3, 0.4) is 0 Å². The van der Waals surface area contributed by atoms with Gasteiger partial charge in [0, 0.05) is 0 Å². The molecular weight excluding hydrogens is 1120 g/mol. The van der Waals surface area contributed by atoms with Crippen LogP contribution < -0.4 is 37.2 Å². The molecule has 0 fully saturated rings. The van der Waals surface area contributed by atoms with E-state index in [-0.39, 0.29) is 150 Å². The number of ether oxygens (including phenoxy) is 2. The molecule has 4 amide bonds. The van der Waals surface area contributed by atoms with Crippen LogP contribution in [0.4, 0.5) is 79.8 Å². The Balaban J connectivity index is -0.0000000545. The molecular formula is C17H19Cl3F16Mg4N4O14S4. The van der Waals surface area contributed by atoms with Gasteiger partial charge in [-0.2, -0.15) is 70.2 Å². The van der Waals surface area contributed by atoms with Crippen molar-refractivity contribution in [2.24, 2.45) is 0 Å². The van der Waals surface area contributed by atoms with Crippen LogP contribution in [-0.2, 0) is 59.2 Å². The molecule has 62 heavy (non-hydrogen) atoms. The fraction of sp³-hybridized carbons (Fsp3) is 0.706. The minimum atomic E-state index is -7.62. The first-order chi connectivity index (χ1) is 23.2.